The highest BCUT2D eigenvalue weighted by Gasteiger charge is 2.66. The number of rotatable bonds is 4. The van der Waals surface area contributed by atoms with Crippen molar-refractivity contribution in [3.05, 3.63) is 23.3 Å². The third kappa shape index (κ3) is 3.10. The first-order valence-corrected chi connectivity index (χ1v) is 13.2. The molecule has 31 heavy (non-hydrogen) atoms. The summed E-state index contributed by atoms with van der Waals surface area (Å²) in [6, 6.07) is 0. The molecular weight excluding hydrogens is 380 g/mol. The smallest absolute Gasteiger partial charge is 0.137 e. The summed E-state index contributed by atoms with van der Waals surface area (Å²) in [5.74, 6) is 3.18. The fourth-order valence-electron chi connectivity index (χ4n) is 9.34. The van der Waals surface area contributed by atoms with E-state index < -0.39 is 0 Å². The average Bonchev–Trinajstić information content (AvgIpc) is 3.44. The van der Waals surface area contributed by atoms with E-state index in [0.717, 1.165) is 32.1 Å². The normalized spacial score (nSPS) is 45.9. The van der Waals surface area contributed by atoms with Crippen LogP contribution < -0.4 is 0 Å². The molecule has 4 saturated carbocycles. The van der Waals surface area contributed by atoms with Gasteiger partial charge in [0, 0.05) is 17.8 Å². The minimum atomic E-state index is -0.128. The van der Waals surface area contributed by atoms with Crippen molar-refractivity contribution in [3.63, 3.8) is 0 Å². The van der Waals surface area contributed by atoms with Crippen LogP contribution in [0.25, 0.3) is 0 Å². The number of allylic oxidation sites excluding steroid dienone is 3. The first-order valence-electron chi connectivity index (χ1n) is 13.2. The van der Waals surface area contributed by atoms with E-state index in [1.807, 2.05) is 0 Å². The number of hydrogen-bond acceptors (Lipinski definition) is 2. The summed E-state index contributed by atoms with van der Waals surface area (Å²) < 4.78 is 0. The Kier molecular flexibility index (Phi) is 5.17. The van der Waals surface area contributed by atoms with E-state index in [2.05, 4.69) is 46.8 Å². The molecule has 5 rings (SSSR count). The number of ketones is 1. The lowest BCUT2D eigenvalue weighted by molar-refractivity contribution is -0.131. The van der Waals surface area contributed by atoms with E-state index in [9.17, 15) is 9.90 Å². The van der Waals surface area contributed by atoms with Gasteiger partial charge >= 0.3 is 0 Å². The van der Waals surface area contributed by atoms with Gasteiger partial charge in [-0.3, -0.25) is 4.79 Å². The van der Waals surface area contributed by atoms with Crippen molar-refractivity contribution in [1.82, 2.24) is 0 Å². The summed E-state index contributed by atoms with van der Waals surface area (Å²) in [6.07, 6.45) is 15.9. The molecule has 5 aliphatic rings. The second-order valence-electron chi connectivity index (χ2n) is 12.9. The second kappa shape index (κ2) is 7.31. The third-order valence-corrected chi connectivity index (χ3v) is 11.1. The first-order chi connectivity index (χ1) is 14.6. The van der Waals surface area contributed by atoms with Crippen molar-refractivity contribution in [3.8, 4) is 0 Å². The van der Waals surface area contributed by atoms with E-state index in [0.29, 0.717) is 29.5 Å². The molecule has 1 spiro atoms. The van der Waals surface area contributed by atoms with Crippen molar-refractivity contribution in [1.29, 1.82) is 0 Å². The summed E-state index contributed by atoms with van der Waals surface area (Å²) in [6.45, 7) is 11.8. The Labute approximate surface area is 190 Å². The van der Waals surface area contributed by atoms with Gasteiger partial charge in [-0.05, 0) is 106 Å². The highest BCUT2D eigenvalue weighted by Crippen LogP contribution is 2.72. The zero-order valence-electron chi connectivity index (χ0n) is 20.5. The molecule has 0 aromatic heterocycles. The van der Waals surface area contributed by atoms with Crippen molar-refractivity contribution >= 4 is 5.78 Å². The standard InChI is InChI=1S/C29H44O2/c1-18(2)7-6-8-19(3)22-17-23(30)26-20-9-10-24-27(4,21(20)11-13-28(22,26)5)14-12-25(31)29(24)15-16-29/h7,10,19-22,25-26,31H,6,8-9,11-17H2,1-5H3/t19-,20-,21+,22-,25+,26-,27-,28-/m1/s1. The molecule has 172 valence electrons. The molecule has 0 aromatic rings. The van der Waals surface area contributed by atoms with Crippen LogP contribution in [0.5, 0.6) is 0 Å². The Balaban J connectivity index is 1.41. The highest BCUT2D eigenvalue weighted by molar-refractivity contribution is 5.85. The first kappa shape index (κ1) is 21.9. The highest BCUT2D eigenvalue weighted by atomic mass is 16.3. The topological polar surface area (TPSA) is 37.3 Å². The van der Waals surface area contributed by atoms with Gasteiger partial charge in [-0.15, -0.1) is 0 Å². The van der Waals surface area contributed by atoms with Crippen molar-refractivity contribution < 1.29 is 9.90 Å². The third-order valence-electron chi connectivity index (χ3n) is 11.1. The molecule has 5 aliphatic carbocycles. The molecule has 0 unspecified atom stereocenters. The molecule has 0 aromatic carbocycles. The van der Waals surface area contributed by atoms with Crippen LogP contribution in [-0.4, -0.2) is 17.0 Å². The summed E-state index contributed by atoms with van der Waals surface area (Å²) in [5.41, 5.74) is 3.52. The van der Waals surface area contributed by atoms with Crippen molar-refractivity contribution in [2.24, 2.45) is 45.8 Å². The van der Waals surface area contributed by atoms with Crippen LogP contribution >= 0.6 is 0 Å². The fraction of sp³-hybridized carbons (Fsp3) is 0.828. The van der Waals surface area contributed by atoms with Crippen LogP contribution in [0.2, 0.25) is 0 Å². The average molecular weight is 425 g/mol. The number of aliphatic hydroxyl groups excluding tert-OH is 1. The largest absolute Gasteiger partial charge is 0.392 e. The van der Waals surface area contributed by atoms with Crippen LogP contribution in [0.3, 0.4) is 0 Å². The van der Waals surface area contributed by atoms with Crippen LogP contribution in [0.15, 0.2) is 23.3 Å². The number of carbonyl (C=O) groups excluding carboxylic acids is 1. The number of hydrogen-bond donors (Lipinski definition) is 1. The molecule has 4 fully saturated rings. The predicted octanol–water partition coefficient (Wildman–Crippen LogP) is 6.88. The molecular formula is C29H44O2. The molecule has 0 amide bonds. The van der Waals surface area contributed by atoms with E-state index in [1.165, 1.54) is 37.7 Å². The van der Waals surface area contributed by atoms with Gasteiger partial charge in [0.1, 0.15) is 5.78 Å². The van der Waals surface area contributed by atoms with E-state index in [-0.39, 0.29) is 28.3 Å². The lowest BCUT2D eigenvalue weighted by Crippen LogP contribution is -2.54. The van der Waals surface area contributed by atoms with Crippen LogP contribution in [-0.2, 0) is 4.79 Å². The quantitative estimate of drug-likeness (QED) is 0.500. The number of carbonyl (C=O) groups is 1. The number of Topliss-reactive ketones (excluding diaryl/α,β-unsaturated/α-hetero) is 1. The Morgan fingerprint density at radius 1 is 1.19 bits per heavy atom. The molecule has 2 nitrogen and oxygen atoms in total. The van der Waals surface area contributed by atoms with E-state index >= 15 is 0 Å². The minimum absolute atomic E-state index is 0.111. The molecule has 0 saturated heterocycles. The maximum atomic E-state index is 13.5. The summed E-state index contributed by atoms with van der Waals surface area (Å²) in [4.78, 5) is 13.5. The summed E-state index contributed by atoms with van der Waals surface area (Å²) in [5, 5.41) is 10.8. The molecule has 0 radical (unpaired) electrons. The monoisotopic (exact) mass is 424 g/mol. The summed E-state index contributed by atoms with van der Waals surface area (Å²) >= 11 is 0. The van der Waals surface area contributed by atoms with Gasteiger partial charge in [-0.1, -0.05) is 44.1 Å². The van der Waals surface area contributed by atoms with Gasteiger partial charge < -0.3 is 5.11 Å². The molecule has 0 aliphatic heterocycles. The number of aliphatic hydroxyl groups is 1. The van der Waals surface area contributed by atoms with Crippen LogP contribution in [0.4, 0.5) is 0 Å². The molecule has 1 N–H and O–H groups in total. The van der Waals surface area contributed by atoms with E-state index in [4.69, 9.17) is 0 Å². The lowest BCUT2D eigenvalue weighted by Gasteiger charge is -2.59. The Morgan fingerprint density at radius 3 is 2.61 bits per heavy atom. The maximum Gasteiger partial charge on any atom is 0.137 e. The molecule has 0 bridgehead atoms. The van der Waals surface area contributed by atoms with Gasteiger partial charge in [-0.25, -0.2) is 0 Å². The van der Waals surface area contributed by atoms with Crippen molar-refractivity contribution in [2.75, 3.05) is 0 Å². The Hall–Kier alpha value is -0.890. The van der Waals surface area contributed by atoms with E-state index in [1.54, 1.807) is 5.57 Å². The van der Waals surface area contributed by atoms with Crippen LogP contribution in [0.1, 0.15) is 98.8 Å². The van der Waals surface area contributed by atoms with Gasteiger partial charge in [-0.2, -0.15) is 0 Å². The lowest BCUT2D eigenvalue weighted by atomic mass is 9.45. The van der Waals surface area contributed by atoms with Gasteiger partial charge in [0.2, 0.25) is 0 Å². The predicted molar refractivity (Wildman–Crippen MR) is 126 cm³/mol. The van der Waals surface area contributed by atoms with Gasteiger partial charge in [0.25, 0.3) is 0 Å². The molecule has 0 heterocycles. The maximum absolute atomic E-state index is 13.5. The molecule has 2 heteroatoms. The number of fused-ring (bicyclic) bond motifs is 6. The zero-order chi connectivity index (χ0) is 22.2. The Bertz CT molecular complexity index is 813. The molecule has 8 atom stereocenters. The zero-order valence-corrected chi connectivity index (χ0v) is 20.5. The summed E-state index contributed by atoms with van der Waals surface area (Å²) in [7, 11) is 0. The van der Waals surface area contributed by atoms with Gasteiger partial charge in [0.05, 0.1) is 6.10 Å². The fourth-order valence-corrected chi connectivity index (χ4v) is 9.34. The second-order valence-corrected chi connectivity index (χ2v) is 12.9. The minimum Gasteiger partial charge on any atom is -0.392 e. The SMILES string of the molecule is CC(C)=CCC[C@@H](C)[C@H]1CC(=O)[C@H]2[C@@H]3CC=C4C5(CC5)[C@@H](O)CC[C@]4(C)[C@H]3CC[C@]12C. The van der Waals surface area contributed by atoms with Gasteiger partial charge in [0.15, 0.2) is 0 Å². The van der Waals surface area contributed by atoms with Crippen molar-refractivity contribution in [2.45, 2.75) is 105 Å². The Morgan fingerprint density at radius 2 is 1.94 bits per heavy atom. The van der Waals surface area contributed by atoms with Crippen LogP contribution in [0, 0.1) is 45.8 Å².